The molecule has 1 fully saturated rings. The van der Waals surface area contributed by atoms with Crippen LogP contribution in [0.1, 0.15) is 72.8 Å². The van der Waals surface area contributed by atoms with Crippen LogP contribution >= 0.6 is 11.6 Å². The fourth-order valence-corrected chi connectivity index (χ4v) is 4.12. The van der Waals surface area contributed by atoms with Gasteiger partial charge in [-0.25, -0.2) is 4.79 Å². The van der Waals surface area contributed by atoms with Crippen molar-refractivity contribution >= 4 is 23.6 Å². The molecule has 0 spiro atoms. The molecule has 1 aliphatic rings. The molecule has 1 heterocycles. The number of hydrogen-bond acceptors (Lipinski definition) is 3. The smallest absolute Gasteiger partial charge is 0.408 e. The highest BCUT2D eigenvalue weighted by Gasteiger charge is 2.39. The van der Waals surface area contributed by atoms with Gasteiger partial charge >= 0.3 is 6.09 Å². The zero-order valence-corrected chi connectivity index (χ0v) is 19.5. The van der Waals surface area contributed by atoms with Crippen LogP contribution < -0.4 is 5.32 Å². The van der Waals surface area contributed by atoms with Gasteiger partial charge in [-0.3, -0.25) is 4.79 Å². The molecule has 29 heavy (non-hydrogen) atoms. The molecule has 1 saturated heterocycles. The number of halogens is 1. The number of piperidine rings is 1. The van der Waals surface area contributed by atoms with Crippen LogP contribution in [0.4, 0.5) is 4.79 Å². The third-order valence-electron chi connectivity index (χ3n) is 5.29. The van der Waals surface area contributed by atoms with Crippen LogP contribution in [0.5, 0.6) is 0 Å². The van der Waals surface area contributed by atoms with E-state index in [9.17, 15) is 9.59 Å². The topological polar surface area (TPSA) is 58.6 Å². The maximum absolute atomic E-state index is 13.0. The van der Waals surface area contributed by atoms with Crippen molar-refractivity contribution in [2.45, 2.75) is 78.4 Å². The van der Waals surface area contributed by atoms with Crippen LogP contribution in [0.15, 0.2) is 24.3 Å². The second-order valence-corrected chi connectivity index (χ2v) is 10.8. The van der Waals surface area contributed by atoms with E-state index in [1.807, 2.05) is 51.7 Å². The van der Waals surface area contributed by atoms with Gasteiger partial charge in [0.25, 0.3) is 0 Å². The molecule has 1 aromatic carbocycles. The van der Waals surface area contributed by atoms with Crippen molar-refractivity contribution in [1.82, 2.24) is 10.2 Å². The first kappa shape index (κ1) is 23.5. The van der Waals surface area contributed by atoms with Gasteiger partial charge in [0.05, 0.1) is 0 Å². The molecular formula is C23H35ClN2O3. The minimum atomic E-state index is -0.684. The van der Waals surface area contributed by atoms with E-state index in [4.69, 9.17) is 16.3 Å². The number of likely N-dealkylation sites (tertiary alicyclic amines) is 1. The van der Waals surface area contributed by atoms with Crippen LogP contribution in [-0.2, 0) is 9.53 Å². The lowest BCUT2D eigenvalue weighted by Gasteiger charge is -2.45. The minimum absolute atomic E-state index is 0.0497. The molecule has 5 nitrogen and oxygen atoms in total. The Morgan fingerprint density at radius 3 is 2.28 bits per heavy atom. The van der Waals surface area contributed by atoms with E-state index in [0.717, 1.165) is 11.4 Å². The first-order chi connectivity index (χ1) is 13.2. The normalized spacial score (nSPS) is 19.6. The van der Waals surface area contributed by atoms with Crippen LogP contribution in [0.2, 0.25) is 5.02 Å². The lowest BCUT2D eigenvalue weighted by atomic mass is 9.70. The molecule has 0 saturated carbocycles. The number of carbonyl (C=O) groups excluding carboxylic acids is 2. The summed E-state index contributed by atoms with van der Waals surface area (Å²) >= 11 is 6.03. The van der Waals surface area contributed by atoms with Crippen LogP contribution in [-0.4, -0.2) is 41.1 Å². The number of amides is 2. The zero-order valence-electron chi connectivity index (χ0n) is 18.8. The molecular weight excluding hydrogens is 388 g/mol. The van der Waals surface area contributed by atoms with Gasteiger partial charge in [0.2, 0.25) is 5.91 Å². The van der Waals surface area contributed by atoms with Crippen molar-refractivity contribution in [3.8, 4) is 0 Å². The highest BCUT2D eigenvalue weighted by molar-refractivity contribution is 6.30. The SMILES string of the molecule is CC(C)(CC(=O)N1CCC(c2ccc(Cl)cc2)C(C)(C)C1)NC(=O)OC(C)(C)C. The average Bonchev–Trinajstić information content (AvgIpc) is 2.52. The Balaban J connectivity index is 1.98. The number of nitrogens with one attached hydrogen (secondary N) is 1. The number of hydrogen-bond donors (Lipinski definition) is 1. The van der Waals surface area contributed by atoms with Crippen LogP contribution in [0, 0.1) is 5.41 Å². The van der Waals surface area contributed by atoms with E-state index in [2.05, 4.69) is 31.3 Å². The molecule has 2 amide bonds. The van der Waals surface area contributed by atoms with Gasteiger partial charge in [-0.05, 0) is 70.1 Å². The van der Waals surface area contributed by atoms with Gasteiger partial charge in [-0.2, -0.15) is 0 Å². The van der Waals surface area contributed by atoms with Crippen LogP contribution in [0.3, 0.4) is 0 Å². The first-order valence-electron chi connectivity index (χ1n) is 10.2. The average molecular weight is 423 g/mol. The molecule has 1 aromatic rings. The molecule has 1 N–H and O–H groups in total. The Morgan fingerprint density at radius 2 is 1.76 bits per heavy atom. The summed E-state index contributed by atoms with van der Waals surface area (Å²) in [6.07, 6.45) is 0.630. The predicted octanol–water partition coefficient (Wildman–Crippen LogP) is 5.38. The summed E-state index contributed by atoms with van der Waals surface area (Å²) < 4.78 is 5.32. The van der Waals surface area contributed by atoms with Crippen LogP contribution in [0.25, 0.3) is 0 Å². The lowest BCUT2D eigenvalue weighted by molar-refractivity contribution is -0.136. The molecule has 0 aliphatic carbocycles. The molecule has 162 valence electrons. The van der Waals surface area contributed by atoms with Gasteiger partial charge in [-0.1, -0.05) is 37.6 Å². The maximum atomic E-state index is 13.0. The van der Waals surface area contributed by atoms with Crippen molar-refractivity contribution in [3.05, 3.63) is 34.9 Å². The lowest BCUT2D eigenvalue weighted by Crippen LogP contribution is -2.52. The van der Waals surface area contributed by atoms with Crippen molar-refractivity contribution in [3.63, 3.8) is 0 Å². The number of benzene rings is 1. The number of alkyl carbamates (subject to hydrolysis) is 1. The highest BCUT2D eigenvalue weighted by atomic mass is 35.5. The summed E-state index contributed by atoms with van der Waals surface area (Å²) in [6, 6.07) is 8.02. The zero-order chi connectivity index (χ0) is 22.0. The monoisotopic (exact) mass is 422 g/mol. The summed E-state index contributed by atoms with van der Waals surface area (Å²) in [5.41, 5.74) is -0.0443. The second-order valence-electron chi connectivity index (χ2n) is 10.4. The van der Waals surface area contributed by atoms with E-state index in [0.29, 0.717) is 19.0 Å². The fourth-order valence-electron chi connectivity index (χ4n) is 4.00. The maximum Gasteiger partial charge on any atom is 0.408 e. The van der Waals surface area contributed by atoms with E-state index in [-0.39, 0.29) is 17.7 Å². The van der Waals surface area contributed by atoms with Crippen molar-refractivity contribution < 1.29 is 14.3 Å². The number of carbonyl (C=O) groups is 2. The number of nitrogens with zero attached hydrogens (tertiary/aromatic N) is 1. The van der Waals surface area contributed by atoms with Gasteiger partial charge in [0.1, 0.15) is 5.60 Å². The quantitative estimate of drug-likeness (QED) is 0.708. The Kier molecular flexibility index (Phi) is 6.93. The molecule has 1 unspecified atom stereocenters. The Labute approximate surface area is 180 Å². The van der Waals surface area contributed by atoms with Gasteiger partial charge in [0, 0.05) is 30.1 Å². The molecule has 0 aromatic heterocycles. The Morgan fingerprint density at radius 1 is 1.17 bits per heavy atom. The summed E-state index contributed by atoms with van der Waals surface area (Å²) in [5, 5.41) is 3.56. The Bertz CT molecular complexity index is 735. The van der Waals surface area contributed by atoms with Gasteiger partial charge in [0.15, 0.2) is 0 Å². The van der Waals surface area contributed by atoms with E-state index < -0.39 is 17.2 Å². The summed E-state index contributed by atoms with van der Waals surface area (Å²) in [6.45, 7) is 14.9. The molecule has 1 aliphatic heterocycles. The molecule has 0 bridgehead atoms. The fraction of sp³-hybridized carbons (Fsp3) is 0.652. The summed E-state index contributed by atoms with van der Waals surface area (Å²) in [7, 11) is 0. The van der Waals surface area contributed by atoms with Gasteiger partial charge < -0.3 is 15.0 Å². The molecule has 6 heteroatoms. The van der Waals surface area contributed by atoms with E-state index in [1.165, 1.54) is 5.56 Å². The largest absolute Gasteiger partial charge is 0.444 e. The van der Waals surface area contributed by atoms with Gasteiger partial charge in [-0.15, -0.1) is 0 Å². The van der Waals surface area contributed by atoms with Crippen molar-refractivity contribution in [1.29, 1.82) is 0 Å². The third kappa shape index (κ3) is 6.91. The van der Waals surface area contributed by atoms with E-state index in [1.54, 1.807) is 0 Å². The molecule has 1 atom stereocenters. The van der Waals surface area contributed by atoms with E-state index >= 15 is 0 Å². The standard InChI is InChI=1S/C23H35ClN2O3/c1-21(2,3)29-20(28)25-23(6,7)14-19(27)26-13-12-18(22(4,5)15-26)16-8-10-17(24)11-9-16/h8-11,18H,12-15H2,1-7H3,(H,25,28). The predicted molar refractivity (Wildman–Crippen MR) is 117 cm³/mol. The Hall–Kier alpha value is -1.75. The number of ether oxygens (including phenoxy) is 1. The molecule has 2 rings (SSSR count). The summed E-state index contributed by atoms with van der Waals surface area (Å²) in [4.78, 5) is 27.0. The number of rotatable bonds is 4. The second kappa shape index (κ2) is 8.55. The highest BCUT2D eigenvalue weighted by Crippen LogP contribution is 2.42. The summed E-state index contributed by atoms with van der Waals surface area (Å²) in [5.74, 6) is 0.422. The minimum Gasteiger partial charge on any atom is -0.444 e. The molecule has 0 radical (unpaired) electrons. The van der Waals surface area contributed by atoms with Crippen molar-refractivity contribution in [2.24, 2.45) is 5.41 Å². The van der Waals surface area contributed by atoms with Crippen molar-refractivity contribution in [2.75, 3.05) is 13.1 Å². The first-order valence-corrected chi connectivity index (χ1v) is 10.6. The third-order valence-corrected chi connectivity index (χ3v) is 5.54.